The van der Waals surface area contributed by atoms with Crippen LogP contribution in [0, 0.1) is 0 Å². The van der Waals surface area contributed by atoms with Crippen molar-refractivity contribution in [1.82, 2.24) is 4.98 Å². The summed E-state index contributed by atoms with van der Waals surface area (Å²) >= 11 is 0. The van der Waals surface area contributed by atoms with Gasteiger partial charge in [0.25, 0.3) is 0 Å². The average Bonchev–Trinajstić information content (AvgIpc) is 2.16. The number of pyridine rings is 1. The zero-order valence-electron chi connectivity index (χ0n) is 8.02. The lowest BCUT2D eigenvalue weighted by molar-refractivity contribution is 0.506. The van der Waals surface area contributed by atoms with Crippen molar-refractivity contribution in [3.05, 3.63) is 35.0 Å². The first-order valence-electron chi connectivity index (χ1n) is 4.31. The number of nitrogens with zero attached hydrogens (tertiary/aromatic N) is 1. The molecule has 3 nitrogen and oxygen atoms in total. The number of aliphatic hydroxyl groups excluding tert-OH is 1. The molecule has 4 heteroatoms. The fraction of sp³-hybridized carbons (Fsp3) is 0.300. The van der Waals surface area contributed by atoms with Crippen LogP contribution >= 0.6 is 0 Å². The van der Waals surface area contributed by atoms with Crippen molar-refractivity contribution in [2.75, 3.05) is 0 Å². The molecule has 2 heterocycles. The van der Waals surface area contributed by atoms with Crippen molar-refractivity contribution < 1.29 is 9.32 Å². The minimum Gasteiger partial charge on any atom is -0.507 e. The van der Waals surface area contributed by atoms with Crippen molar-refractivity contribution in [2.24, 2.45) is 0 Å². The van der Waals surface area contributed by atoms with Gasteiger partial charge < -0.3 is 5.11 Å². The van der Waals surface area contributed by atoms with Gasteiger partial charge in [-0.1, -0.05) is 0 Å². The van der Waals surface area contributed by atoms with Crippen LogP contribution in [0.3, 0.4) is 0 Å². The van der Waals surface area contributed by atoms with Crippen LogP contribution in [0.4, 0.5) is 0 Å². The van der Waals surface area contributed by atoms with Gasteiger partial charge in [0, 0.05) is 17.2 Å². The van der Waals surface area contributed by atoms with E-state index in [1.165, 1.54) is 5.41 Å². The van der Waals surface area contributed by atoms with E-state index in [1.54, 1.807) is 18.3 Å². The Morgan fingerprint density at radius 1 is 1.50 bits per heavy atom. The number of aliphatic hydroxyl groups is 1. The molecule has 0 saturated heterocycles. The fourth-order valence-corrected chi connectivity index (χ4v) is 2.48. The molecule has 1 atom stereocenters. The molecule has 74 valence electrons. The van der Waals surface area contributed by atoms with E-state index in [1.807, 2.05) is 13.8 Å². The summed E-state index contributed by atoms with van der Waals surface area (Å²) in [5.74, 6) is 0.0609. The predicted molar refractivity (Wildman–Crippen MR) is 56.0 cm³/mol. The molecule has 0 aromatic carbocycles. The molecule has 0 fully saturated rings. The molecular weight excluding hydrogens is 198 g/mol. The summed E-state index contributed by atoms with van der Waals surface area (Å²) in [6, 6.07) is 3.54. The second-order valence-electron chi connectivity index (χ2n) is 3.71. The lowest BCUT2D eigenvalue weighted by Crippen LogP contribution is -2.28. The standard InChI is InChI=1S/C10H11NO2S/c1-10(2)9-7(4-3-5-11-9)8(12)6-14(10)13/h3-6,12H,1-2H3. The van der Waals surface area contributed by atoms with Gasteiger partial charge in [0.1, 0.15) is 5.76 Å². The summed E-state index contributed by atoms with van der Waals surface area (Å²) in [4.78, 5) is 4.18. The SMILES string of the molecule is CC1(C)c2ncccc2C(O)=CS1=O. The third-order valence-electron chi connectivity index (χ3n) is 2.38. The molecule has 0 bridgehead atoms. The van der Waals surface area contributed by atoms with Crippen LogP contribution < -0.4 is 0 Å². The van der Waals surface area contributed by atoms with Crippen LogP contribution in [-0.2, 0) is 15.5 Å². The Morgan fingerprint density at radius 3 is 2.93 bits per heavy atom. The highest BCUT2D eigenvalue weighted by Gasteiger charge is 2.35. The second-order valence-corrected chi connectivity index (χ2v) is 5.56. The summed E-state index contributed by atoms with van der Waals surface area (Å²) in [6.45, 7) is 3.72. The highest BCUT2D eigenvalue weighted by molar-refractivity contribution is 7.89. The highest BCUT2D eigenvalue weighted by atomic mass is 32.2. The van der Waals surface area contributed by atoms with Gasteiger partial charge in [-0.25, -0.2) is 0 Å². The van der Waals surface area contributed by atoms with E-state index in [4.69, 9.17) is 0 Å². The van der Waals surface area contributed by atoms with E-state index >= 15 is 0 Å². The number of hydrogen-bond acceptors (Lipinski definition) is 3. The Balaban J connectivity index is 2.73. The van der Waals surface area contributed by atoms with Crippen molar-refractivity contribution >= 4 is 16.6 Å². The van der Waals surface area contributed by atoms with E-state index in [-0.39, 0.29) is 5.76 Å². The van der Waals surface area contributed by atoms with Crippen molar-refractivity contribution in [1.29, 1.82) is 0 Å². The molecule has 0 spiro atoms. The molecule has 14 heavy (non-hydrogen) atoms. The lowest BCUT2D eigenvalue weighted by Gasteiger charge is -2.27. The second kappa shape index (κ2) is 2.92. The van der Waals surface area contributed by atoms with Gasteiger partial charge in [-0.15, -0.1) is 0 Å². The first kappa shape index (κ1) is 9.40. The quantitative estimate of drug-likeness (QED) is 0.710. The number of fused-ring (bicyclic) bond motifs is 1. The molecule has 1 aromatic heterocycles. The van der Waals surface area contributed by atoms with E-state index in [0.717, 1.165) is 0 Å². The van der Waals surface area contributed by atoms with Crippen LogP contribution in [-0.4, -0.2) is 14.3 Å². The Bertz CT molecular complexity index is 438. The number of aromatic nitrogens is 1. The molecule has 0 saturated carbocycles. The minimum absolute atomic E-state index is 0.0609. The Morgan fingerprint density at radius 2 is 2.21 bits per heavy atom. The molecule has 1 aromatic rings. The normalized spacial score (nSPS) is 23.9. The molecular formula is C10H11NO2S. The molecule has 1 unspecified atom stereocenters. The third-order valence-corrected chi connectivity index (χ3v) is 4.01. The van der Waals surface area contributed by atoms with Crippen LogP contribution in [0.2, 0.25) is 0 Å². The maximum atomic E-state index is 11.7. The zero-order valence-corrected chi connectivity index (χ0v) is 8.84. The van der Waals surface area contributed by atoms with E-state index < -0.39 is 15.5 Å². The van der Waals surface area contributed by atoms with Crippen LogP contribution in [0.1, 0.15) is 25.1 Å². The predicted octanol–water partition coefficient (Wildman–Crippen LogP) is 1.94. The van der Waals surface area contributed by atoms with Gasteiger partial charge in [0.05, 0.1) is 21.2 Å². The summed E-state index contributed by atoms with van der Waals surface area (Å²) in [5, 5.41) is 11.0. The monoisotopic (exact) mass is 209 g/mol. The molecule has 1 aliphatic heterocycles. The maximum absolute atomic E-state index is 11.7. The van der Waals surface area contributed by atoms with Gasteiger partial charge in [-0.3, -0.25) is 9.19 Å². The van der Waals surface area contributed by atoms with E-state index in [9.17, 15) is 9.32 Å². The molecule has 0 radical (unpaired) electrons. The van der Waals surface area contributed by atoms with Gasteiger partial charge >= 0.3 is 0 Å². The van der Waals surface area contributed by atoms with Crippen molar-refractivity contribution in [3.63, 3.8) is 0 Å². The minimum atomic E-state index is -1.22. The van der Waals surface area contributed by atoms with Crippen molar-refractivity contribution in [3.8, 4) is 0 Å². The first-order valence-corrected chi connectivity index (χ1v) is 5.52. The summed E-state index contributed by atoms with van der Waals surface area (Å²) in [5.41, 5.74) is 1.37. The number of rotatable bonds is 0. The van der Waals surface area contributed by atoms with Crippen LogP contribution in [0.15, 0.2) is 23.7 Å². The Hall–Kier alpha value is -1.16. The fourth-order valence-electron chi connectivity index (χ4n) is 1.50. The molecule has 2 rings (SSSR count). The smallest absolute Gasteiger partial charge is 0.133 e. The molecule has 0 aliphatic carbocycles. The van der Waals surface area contributed by atoms with E-state index in [2.05, 4.69) is 4.98 Å². The molecule has 0 amide bonds. The van der Waals surface area contributed by atoms with Crippen molar-refractivity contribution in [2.45, 2.75) is 18.6 Å². The zero-order chi connectivity index (χ0) is 10.3. The summed E-state index contributed by atoms with van der Waals surface area (Å²) < 4.78 is 11.2. The Kier molecular flexibility index (Phi) is 1.96. The average molecular weight is 209 g/mol. The lowest BCUT2D eigenvalue weighted by atomic mass is 10.0. The van der Waals surface area contributed by atoms with Gasteiger partial charge in [-0.05, 0) is 26.0 Å². The summed E-state index contributed by atoms with van der Waals surface area (Å²) in [7, 11) is -1.22. The van der Waals surface area contributed by atoms with Gasteiger partial charge in [0.15, 0.2) is 0 Å². The molecule has 1 N–H and O–H groups in total. The summed E-state index contributed by atoms with van der Waals surface area (Å²) in [6.07, 6.45) is 1.65. The maximum Gasteiger partial charge on any atom is 0.133 e. The molecule has 1 aliphatic rings. The Labute approximate surface area is 84.9 Å². The van der Waals surface area contributed by atoms with Crippen LogP contribution in [0.5, 0.6) is 0 Å². The van der Waals surface area contributed by atoms with Crippen LogP contribution in [0.25, 0.3) is 5.76 Å². The largest absolute Gasteiger partial charge is 0.507 e. The van der Waals surface area contributed by atoms with Gasteiger partial charge in [-0.2, -0.15) is 0 Å². The topological polar surface area (TPSA) is 50.2 Å². The third kappa shape index (κ3) is 1.18. The first-order chi connectivity index (χ1) is 6.53. The van der Waals surface area contributed by atoms with E-state index in [0.29, 0.717) is 11.3 Å². The highest BCUT2D eigenvalue weighted by Crippen LogP contribution is 2.36. The van der Waals surface area contributed by atoms with Gasteiger partial charge in [0.2, 0.25) is 0 Å². The number of hydrogen-bond donors (Lipinski definition) is 1.